The zero-order valence-electron chi connectivity index (χ0n) is 12.3. The standard InChI is InChI=1S/C16H18N2O2S/c1-10(17-8-15-11(2)18-9-21-15)14-7-12-5-4-6-13(19-3)16(12)20-14/h4-7,9-10,17H,8H2,1-3H3. The fourth-order valence-corrected chi connectivity index (χ4v) is 3.00. The van der Waals surface area contributed by atoms with E-state index in [1.165, 1.54) is 4.88 Å². The first-order valence-corrected chi connectivity index (χ1v) is 7.76. The number of ether oxygens (including phenoxy) is 1. The van der Waals surface area contributed by atoms with E-state index in [1.54, 1.807) is 18.4 Å². The van der Waals surface area contributed by atoms with Crippen molar-refractivity contribution in [3.05, 3.63) is 46.1 Å². The normalized spacial score (nSPS) is 12.7. The van der Waals surface area contributed by atoms with Crippen molar-refractivity contribution in [2.24, 2.45) is 0 Å². The van der Waals surface area contributed by atoms with Crippen LogP contribution in [-0.2, 0) is 6.54 Å². The summed E-state index contributed by atoms with van der Waals surface area (Å²) >= 11 is 1.67. The van der Waals surface area contributed by atoms with Crippen molar-refractivity contribution in [1.29, 1.82) is 0 Å². The highest BCUT2D eigenvalue weighted by Crippen LogP contribution is 2.31. The second kappa shape index (κ2) is 5.87. The molecule has 1 atom stereocenters. The largest absolute Gasteiger partial charge is 0.493 e. The van der Waals surface area contributed by atoms with Gasteiger partial charge in [0.1, 0.15) is 5.76 Å². The van der Waals surface area contributed by atoms with Crippen LogP contribution in [0.3, 0.4) is 0 Å². The molecular weight excluding hydrogens is 284 g/mol. The monoisotopic (exact) mass is 302 g/mol. The molecule has 0 amide bonds. The number of nitrogens with one attached hydrogen (secondary N) is 1. The Hall–Kier alpha value is -1.85. The third-order valence-corrected chi connectivity index (χ3v) is 4.52. The van der Waals surface area contributed by atoms with Crippen molar-refractivity contribution in [1.82, 2.24) is 10.3 Å². The van der Waals surface area contributed by atoms with Gasteiger partial charge in [0.05, 0.1) is 24.4 Å². The summed E-state index contributed by atoms with van der Waals surface area (Å²) in [6.07, 6.45) is 0. The third-order valence-electron chi connectivity index (χ3n) is 3.59. The number of benzene rings is 1. The van der Waals surface area contributed by atoms with Gasteiger partial charge in [-0.15, -0.1) is 11.3 Å². The maximum Gasteiger partial charge on any atom is 0.176 e. The highest BCUT2D eigenvalue weighted by atomic mass is 32.1. The molecule has 21 heavy (non-hydrogen) atoms. The number of hydrogen-bond donors (Lipinski definition) is 1. The number of hydrogen-bond acceptors (Lipinski definition) is 5. The van der Waals surface area contributed by atoms with E-state index in [4.69, 9.17) is 9.15 Å². The minimum Gasteiger partial charge on any atom is -0.493 e. The highest BCUT2D eigenvalue weighted by molar-refractivity contribution is 7.09. The van der Waals surface area contributed by atoms with Crippen LogP contribution < -0.4 is 10.1 Å². The second-order valence-corrected chi connectivity index (χ2v) is 5.93. The summed E-state index contributed by atoms with van der Waals surface area (Å²) in [5.41, 5.74) is 3.77. The van der Waals surface area contributed by atoms with E-state index in [9.17, 15) is 0 Å². The topological polar surface area (TPSA) is 47.3 Å². The van der Waals surface area contributed by atoms with Gasteiger partial charge in [-0.3, -0.25) is 0 Å². The van der Waals surface area contributed by atoms with Crippen molar-refractivity contribution in [3.63, 3.8) is 0 Å². The van der Waals surface area contributed by atoms with E-state index < -0.39 is 0 Å². The molecule has 0 spiro atoms. The van der Waals surface area contributed by atoms with Crippen LogP contribution in [0.4, 0.5) is 0 Å². The molecule has 1 N–H and O–H groups in total. The van der Waals surface area contributed by atoms with Gasteiger partial charge in [0, 0.05) is 16.8 Å². The van der Waals surface area contributed by atoms with Crippen LogP contribution in [0.5, 0.6) is 5.75 Å². The minimum atomic E-state index is 0.128. The van der Waals surface area contributed by atoms with Crippen LogP contribution in [0.1, 0.15) is 29.3 Å². The summed E-state index contributed by atoms with van der Waals surface area (Å²) in [7, 11) is 1.66. The van der Waals surface area contributed by atoms with Gasteiger partial charge in [0.2, 0.25) is 0 Å². The van der Waals surface area contributed by atoms with Crippen molar-refractivity contribution >= 4 is 22.3 Å². The van der Waals surface area contributed by atoms with Crippen molar-refractivity contribution in [3.8, 4) is 5.75 Å². The number of rotatable bonds is 5. The molecule has 0 saturated heterocycles. The van der Waals surface area contributed by atoms with Gasteiger partial charge in [-0.2, -0.15) is 0 Å². The maximum atomic E-state index is 5.95. The predicted octanol–water partition coefficient (Wildman–Crippen LogP) is 4.06. The number of aryl methyl sites for hydroxylation is 1. The molecule has 0 bridgehead atoms. The first-order valence-electron chi connectivity index (χ1n) is 6.88. The molecule has 110 valence electrons. The van der Waals surface area contributed by atoms with E-state index in [1.807, 2.05) is 30.6 Å². The first-order chi connectivity index (χ1) is 10.2. The average Bonchev–Trinajstić information content (AvgIpc) is 3.10. The van der Waals surface area contributed by atoms with Gasteiger partial charge in [-0.05, 0) is 26.0 Å². The smallest absolute Gasteiger partial charge is 0.176 e. The lowest BCUT2D eigenvalue weighted by molar-refractivity contribution is 0.399. The number of methoxy groups -OCH3 is 1. The first kappa shape index (κ1) is 14.1. The molecule has 0 aliphatic heterocycles. The van der Waals surface area contributed by atoms with Crippen LogP contribution >= 0.6 is 11.3 Å². The van der Waals surface area contributed by atoms with Crippen LogP contribution in [0.15, 0.2) is 34.2 Å². The summed E-state index contributed by atoms with van der Waals surface area (Å²) < 4.78 is 11.3. The molecule has 3 aromatic rings. The fraction of sp³-hybridized carbons (Fsp3) is 0.312. The van der Waals surface area contributed by atoms with E-state index in [-0.39, 0.29) is 6.04 Å². The number of nitrogens with zero attached hydrogens (tertiary/aromatic N) is 1. The molecule has 0 aliphatic carbocycles. The van der Waals surface area contributed by atoms with E-state index in [0.29, 0.717) is 0 Å². The number of thiazole rings is 1. The van der Waals surface area contributed by atoms with E-state index >= 15 is 0 Å². The van der Waals surface area contributed by atoms with Crippen LogP contribution in [0.2, 0.25) is 0 Å². The molecule has 3 rings (SSSR count). The minimum absolute atomic E-state index is 0.128. The lowest BCUT2D eigenvalue weighted by atomic mass is 10.2. The Morgan fingerprint density at radius 1 is 1.43 bits per heavy atom. The summed E-state index contributed by atoms with van der Waals surface area (Å²) in [6.45, 7) is 4.93. The molecule has 0 saturated carbocycles. The van der Waals surface area contributed by atoms with Crippen molar-refractivity contribution in [2.75, 3.05) is 7.11 Å². The van der Waals surface area contributed by atoms with Gasteiger partial charge in [-0.25, -0.2) is 4.98 Å². The molecule has 0 radical (unpaired) electrons. The fourth-order valence-electron chi connectivity index (χ4n) is 2.27. The van der Waals surface area contributed by atoms with Crippen LogP contribution in [-0.4, -0.2) is 12.1 Å². The highest BCUT2D eigenvalue weighted by Gasteiger charge is 2.14. The van der Waals surface area contributed by atoms with E-state index in [0.717, 1.165) is 34.7 Å². The molecule has 1 unspecified atom stereocenters. The molecular formula is C16H18N2O2S. The van der Waals surface area contributed by atoms with Crippen molar-refractivity contribution < 1.29 is 9.15 Å². The number of furan rings is 1. The number of para-hydroxylation sites is 1. The lowest BCUT2D eigenvalue weighted by Crippen LogP contribution is -2.17. The average molecular weight is 302 g/mol. The Morgan fingerprint density at radius 2 is 2.29 bits per heavy atom. The molecule has 0 fully saturated rings. The zero-order valence-corrected chi connectivity index (χ0v) is 13.2. The lowest BCUT2D eigenvalue weighted by Gasteiger charge is -2.10. The maximum absolute atomic E-state index is 5.95. The Morgan fingerprint density at radius 3 is 3.00 bits per heavy atom. The molecule has 5 heteroatoms. The van der Waals surface area contributed by atoms with E-state index in [2.05, 4.69) is 23.3 Å². The number of aromatic nitrogens is 1. The molecule has 2 heterocycles. The predicted molar refractivity (Wildman–Crippen MR) is 84.9 cm³/mol. The van der Waals surface area contributed by atoms with Gasteiger partial charge < -0.3 is 14.5 Å². The quantitative estimate of drug-likeness (QED) is 0.772. The zero-order chi connectivity index (χ0) is 14.8. The summed E-state index contributed by atoms with van der Waals surface area (Å²) in [5.74, 6) is 1.68. The summed E-state index contributed by atoms with van der Waals surface area (Å²) in [6, 6.07) is 8.11. The Labute approximate surface area is 127 Å². The Kier molecular flexibility index (Phi) is 3.94. The van der Waals surface area contributed by atoms with Crippen molar-refractivity contribution in [2.45, 2.75) is 26.4 Å². The molecule has 2 aromatic heterocycles. The van der Waals surface area contributed by atoms with Gasteiger partial charge in [-0.1, -0.05) is 12.1 Å². The van der Waals surface area contributed by atoms with Crippen LogP contribution in [0, 0.1) is 6.92 Å². The second-order valence-electron chi connectivity index (χ2n) is 4.99. The van der Waals surface area contributed by atoms with Gasteiger partial charge >= 0.3 is 0 Å². The molecule has 1 aromatic carbocycles. The number of fused-ring (bicyclic) bond motifs is 1. The van der Waals surface area contributed by atoms with Gasteiger partial charge in [0.15, 0.2) is 11.3 Å². The van der Waals surface area contributed by atoms with Crippen LogP contribution in [0.25, 0.3) is 11.0 Å². The molecule has 0 aliphatic rings. The Bertz CT molecular complexity index is 748. The summed E-state index contributed by atoms with van der Waals surface area (Å²) in [5, 5.41) is 4.54. The summed E-state index contributed by atoms with van der Waals surface area (Å²) in [4.78, 5) is 5.52. The third kappa shape index (κ3) is 2.80. The Balaban J connectivity index is 1.78. The SMILES string of the molecule is COc1cccc2cc(C(C)NCc3scnc3C)oc12. The van der Waals surface area contributed by atoms with Gasteiger partial charge in [0.25, 0.3) is 0 Å². The molecule has 4 nitrogen and oxygen atoms in total.